The summed E-state index contributed by atoms with van der Waals surface area (Å²) in [5, 5.41) is 15.4. The summed E-state index contributed by atoms with van der Waals surface area (Å²) in [5.74, 6) is -2.62. The fraction of sp³-hybridized carbons (Fsp3) is 0.714. The van der Waals surface area contributed by atoms with Crippen LogP contribution >= 0.6 is 0 Å². The number of hydrogen-bond donors (Lipinski definition) is 2. The topological polar surface area (TPSA) is 74.6 Å². The predicted molar refractivity (Wildman–Crippen MR) is 45.4 cm³/mol. The molecule has 0 aliphatic heterocycles. The first-order valence-corrected chi connectivity index (χ1v) is 4.56. The number of carboxylic acids is 2. The van der Waals surface area contributed by atoms with Crippen molar-refractivity contribution in [3.63, 3.8) is 0 Å². The Balaban J connectivity index is 0. The van der Waals surface area contributed by atoms with Crippen LogP contribution in [0.4, 0.5) is 0 Å². The van der Waals surface area contributed by atoms with Crippen molar-refractivity contribution in [1.29, 1.82) is 0 Å². The van der Waals surface area contributed by atoms with E-state index < -0.39 is 18.4 Å². The molecule has 0 aliphatic rings. The molecule has 66 valence electrons. The molecule has 0 rings (SSSR count). The number of rotatable bonds is 2. The van der Waals surface area contributed by atoms with Gasteiger partial charge in [-0.25, -0.2) is 0 Å². The molecule has 5 heteroatoms. The van der Waals surface area contributed by atoms with Crippen LogP contribution in [0.3, 0.4) is 0 Å². The zero-order valence-electron chi connectivity index (χ0n) is 7.92. The van der Waals surface area contributed by atoms with Crippen LogP contribution in [0.25, 0.3) is 0 Å². The Bertz CT molecular complexity index is 141. The Morgan fingerprint density at radius 1 is 1.17 bits per heavy atom. The predicted octanol–water partition coefficient (Wildman–Crippen LogP) is 0.919. The Kier molecular flexibility index (Phi) is 7.78. The van der Waals surface area contributed by atoms with Crippen LogP contribution < -0.4 is 0 Å². The molecule has 0 spiro atoms. The summed E-state index contributed by atoms with van der Waals surface area (Å²) >= 11 is 1.31. The summed E-state index contributed by atoms with van der Waals surface area (Å²) in [6, 6.07) is 0. The van der Waals surface area contributed by atoms with Gasteiger partial charge in [0.05, 0.1) is 0 Å². The first-order valence-electron chi connectivity index (χ1n) is 3.56. The van der Waals surface area contributed by atoms with Crippen LogP contribution in [0.1, 0.15) is 27.2 Å². The van der Waals surface area contributed by atoms with Gasteiger partial charge in [0, 0.05) is 0 Å². The van der Waals surface area contributed by atoms with Gasteiger partial charge in [-0.15, -0.1) is 0 Å². The molecule has 0 aromatic carbocycles. The smallest absolute Gasteiger partial charge is 0.314 e. The van der Waals surface area contributed by atoms with Gasteiger partial charge < -0.3 is 10.2 Å². The van der Waals surface area contributed by atoms with Crippen molar-refractivity contribution in [2.24, 2.45) is 0 Å². The van der Waals surface area contributed by atoms with Gasteiger partial charge in [0.1, 0.15) is 6.42 Å². The maximum absolute atomic E-state index is 9.43. The van der Waals surface area contributed by atoms with Gasteiger partial charge in [-0.3, -0.25) is 9.59 Å². The molecule has 0 radical (unpaired) electrons. The average Bonchev–Trinajstić information content (AvgIpc) is 1.52. The third kappa shape index (κ3) is 51.2. The van der Waals surface area contributed by atoms with E-state index in [1.165, 1.54) is 27.9 Å². The summed E-state index contributed by atoms with van der Waals surface area (Å²) in [6.07, 6.45) is -0.806. The van der Waals surface area contributed by atoms with Crippen molar-refractivity contribution in [3.8, 4) is 0 Å². The SMILES string of the molecule is C[C](C)(C)[Na].O=C(O)CC(=O)O. The van der Waals surface area contributed by atoms with Gasteiger partial charge in [-0.1, -0.05) is 0 Å². The van der Waals surface area contributed by atoms with Crippen LogP contribution in [0, 0.1) is 0 Å². The van der Waals surface area contributed by atoms with Gasteiger partial charge in [0.25, 0.3) is 0 Å². The van der Waals surface area contributed by atoms with E-state index in [4.69, 9.17) is 10.2 Å². The Labute approximate surface area is 89.4 Å². The maximum atomic E-state index is 9.43. The third-order valence-electron chi connectivity index (χ3n) is 0.302. The van der Waals surface area contributed by atoms with Crippen molar-refractivity contribution in [2.75, 3.05) is 0 Å². The van der Waals surface area contributed by atoms with E-state index in [9.17, 15) is 9.59 Å². The summed E-state index contributed by atoms with van der Waals surface area (Å²) in [6.45, 7) is 6.75. The average molecular weight is 184 g/mol. The largest absolute Gasteiger partial charge is 0.481 e. The number of hydrogen-bond acceptors (Lipinski definition) is 2. The molecule has 0 aliphatic carbocycles. The molecule has 0 bridgehead atoms. The first-order chi connectivity index (χ1) is 5.13. The second-order valence-corrected chi connectivity index (χ2v) is 6.96. The van der Waals surface area contributed by atoms with Crippen LogP contribution in [0.2, 0.25) is 2.66 Å². The minimum Gasteiger partial charge on any atom is -0.481 e. The van der Waals surface area contributed by atoms with Crippen molar-refractivity contribution in [3.05, 3.63) is 0 Å². The molecule has 0 fully saturated rings. The summed E-state index contributed by atoms with van der Waals surface area (Å²) in [7, 11) is 0. The second-order valence-electron chi connectivity index (χ2n) is 3.96. The van der Waals surface area contributed by atoms with Crippen LogP contribution in [0.15, 0.2) is 0 Å². The van der Waals surface area contributed by atoms with E-state index in [2.05, 4.69) is 20.8 Å². The van der Waals surface area contributed by atoms with Gasteiger partial charge in [0.2, 0.25) is 0 Å². The number of aliphatic carboxylic acids is 2. The van der Waals surface area contributed by atoms with Crippen LogP contribution in [-0.4, -0.2) is 50.1 Å². The fourth-order valence-corrected chi connectivity index (χ4v) is 0.129. The molecule has 2 N–H and O–H groups in total. The zero-order chi connectivity index (χ0) is 10.4. The van der Waals surface area contributed by atoms with E-state index in [0.29, 0.717) is 2.66 Å². The Morgan fingerprint density at radius 2 is 1.33 bits per heavy atom. The van der Waals surface area contributed by atoms with Gasteiger partial charge in [0.15, 0.2) is 0 Å². The molecule has 0 aromatic rings. The summed E-state index contributed by atoms with van der Waals surface area (Å²) in [4.78, 5) is 18.9. The molecule has 0 atom stereocenters. The monoisotopic (exact) mass is 184 g/mol. The number of carbonyl (C=O) groups is 2. The summed E-state index contributed by atoms with van der Waals surface area (Å²) < 4.78 is 0.639. The van der Waals surface area contributed by atoms with E-state index in [1.807, 2.05) is 0 Å². The van der Waals surface area contributed by atoms with Crippen LogP contribution in [0.5, 0.6) is 0 Å². The zero-order valence-corrected chi connectivity index (χ0v) is 9.92. The molecule has 0 aromatic heterocycles. The second kappa shape index (κ2) is 6.46. The maximum Gasteiger partial charge on any atom is 0.314 e. The molecule has 0 amide bonds. The Hall–Kier alpha value is -0.0600. The Morgan fingerprint density at radius 3 is 1.33 bits per heavy atom. The van der Waals surface area contributed by atoms with E-state index in [0.717, 1.165) is 0 Å². The van der Waals surface area contributed by atoms with Crippen LogP contribution in [-0.2, 0) is 9.59 Å². The third-order valence-corrected chi connectivity index (χ3v) is 0.302. The van der Waals surface area contributed by atoms with Gasteiger partial charge in [-0.05, 0) is 0 Å². The molecule has 4 nitrogen and oxygen atoms in total. The fourth-order valence-electron chi connectivity index (χ4n) is 0.129. The molecule has 0 heterocycles. The first kappa shape index (κ1) is 14.5. The molecule has 0 unspecified atom stereocenters. The van der Waals surface area contributed by atoms with Crippen molar-refractivity contribution in [2.45, 2.75) is 29.9 Å². The molecule has 0 saturated carbocycles. The van der Waals surface area contributed by atoms with Gasteiger partial charge >= 0.3 is 63.3 Å². The quantitative estimate of drug-likeness (QED) is 0.494. The van der Waals surface area contributed by atoms with Crippen molar-refractivity contribution >= 4 is 39.9 Å². The standard InChI is InChI=1S/C4H9.C3H4O4.Na/c1-4(2)3;4-2(5)1-3(6)7;/h1-3H3;1H2,(H,4,5)(H,6,7);. The minimum absolute atomic E-state index is 0.639. The number of carboxylic acid groups (broad SMARTS) is 2. The normalized spacial score (nSPS) is 9.75. The van der Waals surface area contributed by atoms with E-state index >= 15 is 0 Å². The van der Waals surface area contributed by atoms with Crippen molar-refractivity contribution < 1.29 is 19.8 Å². The van der Waals surface area contributed by atoms with Gasteiger partial charge in [-0.2, -0.15) is 0 Å². The molecule has 12 heavy (non-hydrogen) atoms. The minimum atomic E-state index is -1.31. The van der Waals surface area contributed by atoms with E-state index in [1.54, 1.807) is 0 Å². The summed E-state index contributed by atoms with van der Waals surface area (Å²) in [5.41, 5.74) is 0. The van der Waals surface area contributed by atoms with E-state index in [-0.39, 0.29) is 0 Å². The van der Waals surface area contributed by atoms with Crippen molar-refractivity contribution in [1.82, 2.24) is 0 Å². The molecule has 0 saturated heterocycles. The molecular formula is C7H13NaO4. The molecular weight excluding hydrogens is 171 g/mol.